The van der Waals surface area contributed by atoms with Crippen LogP contribution in [0, 0.1) is 0 Å². The summed E-state index contributed by atoms with van der Waals surface area (Å²) in [5.41, 5.74) is -0.0864. The lowest BCUT2D eigenvalue weighted by Crippen LogP contribution is -2.32. The van der Waals surface area contributed by atoms with Gasteiger partial charge in [-0.3, -0.25) is 24.1 Å². The van der Waals surface area contributed by atoms with Gasteiger partial charge in [0.2, 0.25) is 0 Å². The molecule has 0 atom stereocenters. The summed E-state index contributed by atoms with van der Waals surface area (Å²) in [6, 6.07) is 4.61. The van der Waals surface area contributed by atoms with Gasteiger partial charge in [-0.05, 0) is 18.2 Å². The van der Waals surface area contributed by atoms with Crippen molar-refractivity contribution in [1.82, 2.24) is 4.90 Å². The standard InChI is InChI=1S/C20H13Cl5N2O6/c1-32-10-3-2-8(21)6-9(10)26-11(28)7-33-12(29)4-5-27-19(30)13-14(20(27)31)16(23)18(25)17(24)15(13)22/h2-3,6H,4-5,7H2,1H3,(H,26,28). The zero-order chi connectivity index (χ0) is 24.4. The molecule has 8 nitrogen and oxygen atoms in total. The summed E-state index contributed by atoms with van der Waals surface area (Å²) in [6.45, 7) is -0.948. The maximum atomic E-state index is 12.6. The largest absolute Gasteiger partial charge is 0.495 e. The maximum absolute atomic E-state index is 12.6. The van der Waals surface area contributed by atoms with E-state index >= 15 is 0 Å². The summed E-state index contributed by atoms with van der Waals surface area (Å²) in [4.78, 5) is 50.2. The number of fused-ring (bicyclic) bond motifs is 1. The molecular formula is C20H13Cl5N2O6. The fourth-order valence-corrected chi connectivity index (χ4v) is 4.17. The Morgan fingerprint density at radius 1 is 0.939 bits per heavy atom. The van der Waals surface area contributed by atoms with Crippen LogP contribution in [0.1, 0.15) is 27.1 Å². The van der Waals surface area contributed by atoms with Crippen molar-refractivity contribution >= 4 is 87.4 Å². The number of halogens is 5. The van der Waals surface area contributed by atoms with Gasteiger partial charge in [0.15, 0.2) is 6.61 Å². The molecule has 1 aliphatic rings. The first-order valence-corrected chi connectivity index (χ1v) is 11.0. The highest BCUT2D eigenvalue weighted by Gasteiger charge is 2.41. The molecule has 2 aromatic rings. The summed E-state index contributed by atoms with van der Waals surface area (Å²) in [6.07, 6.45) is -0.379. The Hall–Kier alpha value is -2.23. The molecule has 0 aliphatic carbocycles. The average molecular weight is 555 g/mol. The molecule has 3 amide bonds. The van der Waals surface area contributed by atoms with E-state index in [9.17, 15) is 19.2 Å². The number of carbonyl (C=O) groups excluding carboxylic acids is 4. The Morgan fingerprint density at radius 3 is 2.06 bits per heavy atom. The molecule has 0 bridgehead atoms. The van der Waals surface area contributed by atoms with Crippen molar-refractivity contribution in [3.05, 3.63) is 54.4 Å². The van der Waals surface area contributed by atoms with E-state index in [1.165, 1.54) is 13.2 Å². The van der Waals surface area contributed by atoms with E-state index in [-0.39, 0.29) is 44.2 Å². The number of imide groups is 1. The van der Waals surface area contributed by atoms with Crippen LogP contribution >= 0.6 is 58.0 Å². The zero-order valence-electron chi connectivity index (χ0n) is 16.6. The van der Waals surface area contributed by atoms with Crippen LogP contribution in [0.25, 0.3) is 0 Å². The van der Waals surface area contributed by atoms with Gasteiger partial charge in [-0.2, -0.15) is 0 Å². The van der Waals surface area contributed by atoms with E-state index in [2.05, 4.69) is 5.32 Å². The lowest BCUT2D eigenvalue weighted by Gasteiger charge is -2.13. The van der Waals surface area contributed by atoms with Gasteiger partial charge < -0.3 is 14.8 Å². The molecule has 33 heavy (non-hydrogen) atoms. The number of methoxy groups -OCH3 is 1. The molecule has 1 aliphatic heterocycles. The van der Waals surface area contributed by atoms with Crippen molar-refractivity contribution in [1.29, 1.82) is 0 Å². The number of esters is 1. The number of anilines is 1. The van der Waals surface area contributed by atoms with Crippen molar-refractivity contribution in [3.63, 3.8) is 0 Å². The Morgan fingerprint density at radius 2 is 1.52 bits per heavy atom. The molecule has 174 valence electrons. The van der Waals surface area contributed by atoms with Crippen LogP contribution in [-0.2, 0) is 14.3 Å². The normalized spacial score (nSPS) is 12.6. The second-order valence-electron chi connectivity index (χ2n) is 6.57. The van der Waals surface area contributed by atoms with Crippen LogP contribution in [0.4, 0.5) is 5.69 Å². The molecule has 0 saturated heterocycles. The number of nitrogens with zero attached hydrogens (tertiary/aromatic N) is 1. The SMILES string of the molecule is COc1ccc(Cl)cc1NC(=O)COC(=O)CCN1C(=O)c2c(Cl)c(Cl)c(Cl)c(Cl)c2C1=O. The highest BCUT2D eigenvalue weighted by atomic mass is 35.5. The molecule has 1 N–H and O–H groups in total. The molecule has 3 rings (SSSR count). The topological polar surface area (TPSA) is 102 Å². The molecule has 1 heterocycles. The fraction of sp³-hybridized carbons (Fsp3) is 0.200. The molecule has 0 unspecified atom stereocenters. The molecule has 0 spiro atoms. The number of carbonyl (C=O) groups is 4. The Kier molecular flexibility index (Phi) is 7.97. The summed E-state index contributed by atoms with van der Waals surface area (Å²) in [5.74, 6) is -2.67. The predicted octanol–water partition coefficient (Wildman–Crippen LogP) is 5.13. The molecule has 13 heteroatoms. The number of benzene rings is 2. The van der Waals surface area contributed by atoms with Gasteiger partial charge in [-0.25, -0.2) is 0 Å². The first kappa shape index (κ1) is 25.4. The third-order valence-electron chi connectivity index (χ3n) is 4.52. The molecule has 0 radical (unpaired) electrons. The molecule has 0 aromatic heterocycles. The molecular weight excluding hydrogens is 541 g/mol. The van der Waals surface area contributed by atoms with Gasteiger partial charge in [0.05, 0.1) is 50.4 Å². The van der Waals surface area contributed by atoms with E-state index < -0.39 is 30.3 Å². The highest BCUT2D eigenvalue weighted by Crippen LogP contribution is 2.44. The number of hydrogen-bond donors (Lipinski definition) is 1. The van der Waals surface area contributed by atoms with Gasteiger partial charge >= 0.3 is 5.97 Å². The lowest BCUT2D eigenvalue weighted by atomic mass is 10.1. The quantitative estimate of drug-likeness (QED) is 0.220. The van der Waals surface area contributed by atoms with Crippen LogP contribution in [-0.4, -0.2) is 48.9 Å². The molecule has 2 aromatic carbocycles. The minimum Gasteiger partial charge on any atom is -0.495 e. The summed E-state index contributed by atoms with van der Waals surface area (Å²) < 4.78 is 10.0. The monoisotopic (exact) mass is 552 g/mol. The van der Waals surface area contributed by atoms with E-state index in [1.54, 1.807) is 12.1 Å². The Bertz CT molecular complexity index is 1140. The summed E-state index contributed by atoms with van der Waals surface area (Å²) in [5, 5.41) is 2.13. The van der Waals surface area contributed by atoms with Gasteiger partial charge in [-0.15, -0.1) is 0 Å². The lowest BCUT2D eigenvalue weighted by molar-refractivity contribution is -0.147. The second kappa shape index (κ2) is 10.4. The third kappa shape index (κ3) is 5.15. The zero-order valence-corrected chi connectivity index (χ0v) is 20.4. The van der Waals surface area contributed by atoms with Crippen molar-refractivity contribution in [2.75, 3.05) is 25.6 Å². The predicted molar refractivity (Wildman–Crippen MR) is 124 cm³/mol. The smallest absolute Gasteiger partial charge is 0.308 e. The fourth-order valence-electron chi connectivity index (χ4n) is 2.98. The van der Waals surface area contributed by atoms with Gasteiger partial charge in [-0.1, -0.05) is 58.0 Å². The minimum atomic E-state index is -0.826. The number of hydrogen-bond acceptors (Lipinski definition) is 6. The van der Waals surface area contributed by atoms with Crippen molar-refractivity contribution < 1.29 is 28.7 Å². The Balaban J connectivity index is 1.58. The van der Waals surface area contributed by atoms with Crippen LogP contribution in [0.3, 0.4) is 0 Å². The van der Waals surface area contributed by atoms with Crippen LogP contribution in [0.5, 0.6) is 5.75 Å². The van der Waals surface area contributed by atoms with E-state index in [0.717, 1.165) is 4.90 Å². The van der Waals surface area contributed by atoms with Crippen LogP contribution in [0.2, 0.25) is 25.1 Å². The minimum absolute atomic E-state index is 0.160. The number of amides is 3. The van der Waals surface area contributed by atoms with Gasteiger partial charge in [0.25, 0.3) is 17.7 Å². The first-order chi connectivity index (χ1) is 15.6. The Labute approximate surface area is 212 Å². The average Bonchev–Trinajstić information content (AvgIpc) is 3.03. The van der Waals surface area contributed by atoms with Crippen molar-refractivity contribution in [2.24, 2.45) is 0 Å². The van der Waals surface area contributed by atoms with Crippen molar-refractivity contribution in [2.45, 2.75) is 6.42 Å². The van der Waals surface area contributed by atoms with Gasteiger partial charge in [0, 0.05) is 11.6 Å². The number of nitrogens with one attached hydrogen (secondary N) is 1. The van der Waals surface area contributed by atoms with Crippen LogP contribution < -0.4 is 10.1 Å². The van der Waals surface area contributed by atoms with Gasteiger partial charge in [0.1, 0.15) is 5.75 Å². The summed E-state index contributed by atoms with van der Waals surface area (Å²) >= 11 is 29.9. The second-order valence-corrected chi connectivity index (χ2v) is 8.52. The van der Waals surface area contributed by atoms with E-state index in [0.29, 0.717) is 16.5 Å². The number of rotatable bonds is 7. The van der Waals surface area contributed by atoms with Crippen molar-refractivity contribution in [3.8, 4) is 5.75 Å². The third-order valence-corrected chi connectivity index (χ3v) is 6.56. The summed E-state index contributed by atoms with van der Waals surface area (Å²) in [7, 11) is 1.42. The molecule has 0 fully saturated rings. The highest BCUT2D eigenvalue weighted by molar-refractivity contribution is 6.55. The number of ether oxygens (including phenoxy) is 2. The maximum Gasteiger partial charge on any atom is 0.308 e. The first-order valence-electron chi connectivity index (χ1n) is 9.08. The van der Waals surface area contributed by atoms with E-state index in [4.69, 9.17) is 67.5 Å². The van der Waals surface area contributed by atoms with E-state index in [1.807, 2.05) is 0 Å². The molecule has 0 saturated carbocycles. The van der Waals surface area contributed by atoms with Crippen LogP contribution in [0.15, 0.2) is 18.2 Å².